The van der Waals surface area contributed by atoms with Gasteiger partial charge in [0.15, 0.2) is 6.10 Å². The van der Waals surface area contributed by atoms with Gasteiger partial charge in [-0.1, -0.05) is 29.8 Å². The van der Waals surface area contributed by atoms with Gasteiger partial charge in [0.05, 0.1) is 30.3 Å². The predicted molar refractivity (Wildman–Crippen MR) is 94.7 cm³/mol. The molecule has 0 bridgehead atoms. The van der Waals surface area contributed by atoms with Crippen LogP contribution in [0.5, 0.6) is 0 Å². The van der Waals surface area contributed by atoms with Crippen molar-refractivity contribution in [1.29, 1.82) is 0 Å². The van der Waals surface area contributed by atoms with Crippen LogP contribution in [0.3, 0.4) is 0 Å². The molecular weight excluding hydrogens is 340 g/mol. The van der Waals surface area contributed by atoms with Crippen molar-refractivity contribution < 1.29 is 19.4 Å². The molecule has 0 radical (unpaired) electrons. The summed E-state index contributed by atoms with van der Waals surface area (Å²) >= 11 is 1.51. The highest BCUT2D eigenvalue weighted by molar-refractivity contribution is 7.12. The maximum atomic E-state index is 12.6. The predicted octanol–water partition coefficient (Wildman–Crippen LogP) is 2.28. The number of amides is 1. The third-order valence-electron chi connectivity index (χ3n) is 4.14. The molecule has 6 nitrogen and oxygen atoms in total. The number of thiazole rings is 1. The minimum Gasteiger partial charge on any atom is -0.479 e. The molecule has 1 amide bonds. The smallest absolute Gasteiger partial charge is 0.334 e. The van der Waals surface area contributed by atoms with E-state index < -0.39 is 12.1 Å². The van der Waals surface area contributed by atoms with Gasteiger partial charge in [-0.3, -0.25) is 4.79 Å². The summed E-state index contributed by atoms with van der Waals surface area (Å²) in [6.45, 7) is 4.70. The van der Waals surface area contributed by atoms with Crippen LogP contribution in [0.4, 0.5) is 0 Å². The van der Waals surface area contributed by atoms with Crippen LogP contribution < -0.4 is 0 Å². The molecule has 2 heterocycles. The first-order valence-corrected chi connectivity index (χ1v) is 8.91. The monoisotopic (exact) mass is 360 g/mol. The van der Waals surface area contributed by atoms with Crippen molar-refractivity contribution in [3.8, 4) is 11.3 Å². The van der Waals surface area contributed by atoms with Crippen LogP contribution in [-0.2, 0) is 20.7 Å². The van der Waals surface area contributed by atoms with Crippen molar-refractivity contribution in [3.63, 3.8) is 0 Å². The van der Waals surface area contributed by atoms with Crippen molar-refractivity contribution >= 4 is 23.2 Å². The van der Waals surface area contributed by atoms with E-state index in [9.17, 15) is 9.59 Å². The standard InChI is InChI=1S/C18H20N2O4S/c1-11-3-5-13(6-4-11)17-15(25-12(2)19-17)9-16(21)20-7-8-24-14(10-20)18(22)23/h3-6,14H,7-10H2,1-2H3,(H,22,23)/t14-/m1/s1. The van der Waals surface area contributed by atoms with E-state index in [1.54, 1.807) is 4.90 Å². The number of morpholine rings is 1. The second-order valence-electron chi connectivity index (χ2n) is 6.08. The Morgan fingerprint density at radius 2 is 2.04 bits per heavy atom. The van der Waals surface area contributed by atoms with Crippen molar-refractivity contribution in [1.82, 2.24) is 9.88 Å². The van der Waals surface area contributed by atoms with Gasteiger partial charge in [-0.25, -0.2) is 9.78 Å². The van der Waals surface area contributed by atoms with E-state index in [4.69, 9.17) is 9.84 Å². The highest BCUT2D eigenvalue weighted by atomic mass is 32.1. The number of aryl methyl sites for hydroxylation is 2. The van der Waals surface area contributed by atoms with Gasteiger partial charge in [0.1, 0.15) is 0 Å². The van der Waals surface area contributed by atoms with Crippen LogP contribution in [0.1, 0.15) is 15.4 Å². The minimum absolute atomic E-state index is 0.0891. The van der Waals surface area contributed by atoms with Gasteiger partial charge in [-0.15, -0.1) is 11.3 Å². The summed E-state index contributed by atoms with van der Waals surface area (Å²) in [5.74, 6) is -1.13. The average Bonchev–Trinajstić information content (AvgIpc) is 2.96. The van der Waals surface area contributed by atoms with Crippen LogP contribution in [0.25, 0.3) is 11.3 Å². The number of hydrogen-bond acceptors (Lipinski definition) is 5. The summed E-state index contributed by atoms with van der Waals surface area (Å²) in [7, 11) is 0. The number of aromatic nitrogens is 1. The highest BCUT2D eigenvalue weighted by Crippen LogP contribution is 2.29. The van der Waals surface area contributed by atoms with Gasteiger partial charge in [0, 0.05) is 17.0 Å². The first-order valence-electron chi connectivity index (χ1n) is 8.09. The number of carboxylic acid groups (broad SMARTS) is 1. The molecule has 1 aromatic carbocycles. The summed E-state index contributed by atoms with van der Waals surface area (Å²) in [6.07, 6.45) is -0.724. The van der Waals surface area contributed by atoms with Crippen LogP contribution in [0, 0.1) is 13.8 Å². The molecule has 3 rings (SSSR count). The Balaban J connectivity index is 1.77. The lowest BCUT2D eigenvalue weighted by atomic mass is 10.1. The quantitative estimate of drug-likeness (QED) is 0.905. The largest absolute Gasteiger partial charge is 0.479 e. The molecule has 0 aliphatic carbocycles. The van der Waals surface area contributed by atoms with Gasteiger partial charge in [-0.2, -0.15) is 0 Å². The Labute approximate surface area is 150 Å². The first kappa shape index (κ1) is 17.6. The topological polar surface area (TPSA) is 79.7 Å². The zero-order chi connectivity index (χ0) is 18.0. The molecule has 1 fully saturated rings. The lowest BCUT2D eigenvalue weighted by molar-refractivity contribution is -0.159. The van der Waals surface area contributed by atoms with Crippen LogP contribution in [-0.4, -0.2) is 52.7 Å². The molecule has 25 heavy (non-hydrogen) atoms. The second-order valence-corrected chi connectivity index (χ2v) is 7.37. The fraction of sp³-hybridized carbons (Fsp3) is 0.389. The summed E-state index contributed by atoms with van der Waals surface area (Å²) in [4.78, 5) is 30.8. The Hall–Kier alpha value is -2.25. The Kier molecular flexibility index (Phi) is 5.15. The number of nitrogens with zero attached hydrogens (tertiary/aromatic N) is 2. The van der Waals surface area contributed by atoms with E-state index >= 15 is 0 Å². The molecule has 1 N–H and O–H groups in total. The molecule has 1 aliphatic heterocycles. The average molecular weight is 360 g/mol. The normalized spacial score (nSPS) is 17.5. The zero-order valence-corrected chi connectivity index (χ0v) is 15.0. The van der Waals surface area contributed by atoms with Gasteiger partial charge >= 0.3 is 5.97 Å². The fourth-order valence-corrected chi connectivity index (χ4v) is 3.75. The molecule has 0 spiro atoms. The number of ether oxygens (including phenoxy) is 1. The van der Waals surface area contributed by atoms with Crippen molar-refractivity contribution in [2.75, 3.05) is 19.7 Å². The molecule has 7 heteroatoms. The Morgan fingerprint density at radius 3 is 2.72 bits per heavy atom. The number of carboxylic acids is 1. The molecular formula is C18H20N2O4S. The molecule has 2 aromatic rings. The molecule has 132 valence electrons. The lowest BCUT2D eigenvalue weighted by Crippen LogP contribution is -2.49. The molecule has 1 atom stereocenters. The van der Waals surface area contributed by atoms with E-state index in [0.717, 1.165) is 21.1 Å². The SMILES string of the molecule is Cc1ccc(-c2nc(C)sc2CC(=O)N2CCO[C@@H](C(=O)O)C2)cc1. The van der Waals surface area contributed by atoms with Crippen LogP contribution in [0.2, 0.25) is 0 Å². The number of rotatable bonds is 4. The summed E-state index contributed by atoms with van der Waals surface area (Å²) < 4.78 is 5.18. The van der Waals surface area contributed by atoms with Crippen molar-refractivity contribution in [3.05, 3.63) is 39.7 Å². The summed E-state index contributed by atoms with van der Waals surface area (Å²) in [5.41, 5.74) is 2.99. The van der Waals surface area contributed by atoms with Gasteiger partial charge in [-0.05, 0) is 13.8 Å². The van der Waals surface area contributed by atoms with Crippen LogP contribution >= 0.6 is 11.3 Å². The first-order chi connectivity index (χ1) is 11.9. The van der Waals surface area contributed by atoms with Gasteiger partial charge in [0.25, 0.3) is 0 Å². The maximum absolute atomic E-state index is 12.6. The third-order valence-corrected chi connectivity index (χ3v) is 5.11. The summed E-state index contributed by atoms with van der Waals surface area (Å²) in [6, 6.07) is 8.06. The number of aliphatic carboxylic acids is 1. The van der Waals surface area contributed by atoms with E-state index in [1.807, 2.05) is 38.1 Å². The molecule has 1 aromatic heterocycles. The van der Waals surface area contributed by atoms with Gasteiger partial charge < -0.3 is 14.7 Å². The molecule has 0 unspecified atom stereocenters. The second kappa shape index (κ2) is 7.33. The number of hydrogen-bond donors (Lipinski definition) is 1. The van der Waals surface area contributed by atoms with Gasteiger partial charge in [0.2, 0.25) is 5.91 Å². The Bertz CT molecular complexity index is 785. The Morgan fingerprint density at radius 1 is 1.32 bits per heavy atom. The van der Waals surface area contributed by atoms with E-state index in [0.29, 0.717) is 6.54 Å². The molecule has 0 saturated carbocycles. The molecule has 1 aliphatic rings. The number of carbonyl (C=O) groups excluding carboxylic acids is 1. The summed E-state index contributed by atoms with van der Waals surface area (Å²) in [5, 5.41) is 9.98. The van der Waals surface area contributed by atoms with Crippen molar-refractivity contribution in [2.24, 2.45) is 0 Å². The minimum atomic E-state index is -1.04. The number of benzene rings is 1. The molecule has 1 saturated heterocycles. The lowest BCUT2D eigenvalue weighted by Gasteiger charge is -2.30. The van der Waals surface area contributed by atoms with Crippen LogP contribution in [0.15, 0.2) is 24.3 Å². The van der Waals surface area contributed by atoms with E-state index in [2.05, 4.69) is 4.98 Å². The zero-order valence-electron chi connectivity index (χ0n) is 14.2. The highest BCUT2D eigenvalue weighted by Gasteiger charge is 2.29. The fourth-order valence-electron chi connectivity index (χ4n) is 2.80. The third kappa shape index (κ3) is 4.05. The maximum Gasteiger partial charge on any atom is 0.334 e. The van der Waals surface area contributed by atoms with Crippen molar-refractivity contribution in [2.45, 2.75) is 26.4 Å². The van der Waals surface area contributed by atoms with E-state index in [1.165, 1.54) is 16.9 Å². The number of carbonyl (C=O) groups is 2. The van der Waals surface area contributed by atoms with E-state index in [-0.39, 0.29) is 25.5 Å².